The molecule has 0 aromatic carbocycles. The van der Waals surface area contributed by atoms with Gasteiger partial charge in [0.05, 0.1) is 137 Å². The Morgan fingerprint density at radius 1 is 0.422 bits per heavy atom. The Morgan fingerprint density at radius 2 is 0.784 bits per heavy atom. The number of carbonyl (C=O) groups is 12. The van der Waals surface area contributed by atoms with Gasteiger partial charge in [0.2, 0.25) is 29.5 Å². The lowest BCUT2D eigenvalue weighted by Gasteiger charge is -2.36. The van der Waals surface area contributed by atoms with Gasteiger partial charge in [-0.25, -0.2) is 0 Å². The van der Waals surface area contributed by atoms with Crippen LogP contribution in [0.4, 0.5) is 0 Å². The van der Waals surface area contributed by atoms with Crippen molar-refractivity contribution < 1.29 is 124 Å². The molecule has 6 bridgehead atoms. The summed E-state index contributed by atoms with van der Waals surface area (Å²) in [6, 6.07) is 22.0. The van der Waals surface area contributed by atoms with Gasteiger partial charge in [0.25, 0.3) is 29.8 Å². The van der Waals surface area contributed by atoms with E-state index in [9.17, 15) is 72.7 Å². The van der Waals surface area contributed by atoms with Gasteiger partial charge in [-0.2, -0.15) is 0 Å². The summed E-state index contributed by atoms with van der Waals surface area (Å²) in [5, 5.41) is 64.9. The van der Waals surface area contributed by atoms with Gasteiger partial charge in [0.1, 0.15) is 5.78 Å². The van der Waals surface area contributed by atoms with Crippen LogP contribution in [0.3, 0.4) is 0 Å². The minimum absolute atomic E-state index is 0.0242. The van der Waals surface area contributed by atoms with Crippen LogP contribution in [0.5, 0.6) is 0 Å². The normalized spacial score (nSPS) is 22.3. The van der Waals surface area contributed by atoms with Gasteiger partial charge in [0, 0.05) is 47.9 Å². The molecule has 0 spiro atoms. The number of carboxylic acid groups (broad SMARTS) is 1. The first-order chi connectivity index (χ1) is 55.9. The fraction of sp³-hybridized carbons (Fsp3) is 0.507. The summed E-state index contributed by atoms with van der Waals surface area (Å²) in [7, 11) is -7.80. The van der Waals surface area contributed by atoms with Crippen molar-refractivity contribution in [1.29, 1.82) is 0 Å². The van der Waals surface area contributed by atoms with Crippen LogP contribution in [0.2, 0.25) is 5.82 Å². The van der Waals surface area contributed by atoms with E-state index in [-0.39, 0.29) is 165 Å². The maximum Gasteiger partial charge on any atom is 0.551 e. The van der Waals surface area contributed by atoms with Crippen molar-refractivity contribution in [2.75, 3.05) is 0 Å². The molecular weight excluding hydrogens is 1620 g/mol. The number of carboxylic acids is 1. The lowest BCUT2D eigenvalue weighted by atomic mass is 9.64. The van der Waals surface area contributed by atoms with E-state index in [4.69, 9.17) is 51.7 Å². The third-order valence-corrected chi connectivity index (χ3v) is 25.2. The summed E-state index contributed by atoms with van der Waals surface area (Å²) in [6.07, 6.45) is -3.04. The summed E-state index contributed by atoms with van der Waals surface area (Å²) in [5.74, 6) is -10.9. The average Bonchev–Trinajstić information content (AvgIpc) is 0.945. The quantitative estimate of drug-likeness (QED) is 0.0234. The number of rotatable bonds is 33. The molecule has 0 saturated carbocycles. The van der Waals surface area contributed by atoms with Crippen molar-refractivity contribution in [2.45, 2.75) is 233 Å². The number of nitrogens with one attached hydrogen (secondary N) is 5. The van der Waals surface area contributed by atoms with Gasteiger partial charge >= 0.3 is 48.7 Å². The molecule has 6 fully saturated rings. The van der Waals surface area contributed by atoms with Crippen LogP contribution in [0.25, 0.3) is 0 Å². The van der Waals surface area contributed by atoms with Crippen LogP contribution in [0.1, 0.15) is 151 Å². The van der Waals surface area contributed by atoms with Crippen LogP contribution < -0.4 is 26.6 Å². The zero-order valence-electron chi connectivity index (χ0n) is 63.2. The zero-order valence-corrected chi connectivity index (χ0v) is 68.1. The first-order valence-electron chi connectivity index (χ1n) is 38.5. The Hall–Kier alpha value is -7.89. The fourth-order valence-corrected chi connectivity index (χ4v) is 18.6. The van der Waals surface area contributed by atoms with Crippen molar-refractivity contribution in [3.8, 4) is 0 Å². The maximum absolute atomic E-state index is 13.4. The van der Waals surface area contributed by atoms with E-state index in [1.807, 2.05) is 74.7 Å². The monoisotopic (exact) mass is 1710 g/mol. The van der Waals surface area contributed by atoms with Gasteiger partial charge in [-0.05, 0) is 146 Å². The Kier molecular flexibility index (Phi) is 34.3. The summed E-state index contributed by atoms with van der Waals surface area (Å²) >= 11 is 8.54. The van der Waals surface area contributed by atoms with Crippen molar-refractivity contribution >= 4 is 182 Å². The van der Waals surface area contributed by atoms with Crippen molar-refractivity contribution in [3.05, 3.63) is 134 Å². The Morgan fingerprint density at radius 3 is 1.19 bits per heavy atom. The Labute approximate surface area is 695 Å². The second-order valence-electron chi connectivity index (χ2n) is 29.1. The topological polar surface area (TPSA) is 438 Å². The zero-order chi connectivity index (χ0) is 82.0. The molecule has 6 saturated heterocycles. The van der Waals surface area contributed by atoms with E-state index in [1.54, 1.807) is 30.3 Å². The van der Waals surface area contributed by atoms with Gasteiger partial charge in [-0.1, -0.05) is 36.4 Å². The van der Waals surface area contributed by atoms with Crippen molar-refractivity contribution in [1.82, 2.24) is 26.6 Å². The van der Waals surface area contributed by atoms with E-state index in [1.165, 1.54) is 68.0 Å². The number of fused-ring (bicyclic) bond motifs is 6. The number of carbonyl (C=O) groups excluding carboxylic acids is 11. The number of aliphatic hydroxyl groups excluding tert-OH is 1. The predicted molar refractivity (Wildman–Crippen MR) is 432 cm³/mol. The number of thiophene rings is 6. The molecule has 12 heterocycles. The molecule has 616 valence electrons. The Bertz CT molecular complexity index is 3990. The number of amides is 5. The van der Waals surface area contributed by atoms with E-state index in [2.05, 4.69) is 26.6 Å². The molecule has 43 heteroatoms. The van der Waals surface area contributed by atoms with E-state index in [0.29, 0.717) is 12.8 Å². The standard InChI is InChI=1S/C37H43B3N2O12S3.C36H46B3N3O14S3/c43-24(17-28-4-1-13-55-28)16-23-7-8-25-18-36(47)53-39(50-25)32(42-34(45)22-30-6-3-15-57-30)12-10-27-20-37(48)54-40(51-27)31(41-33(44)21-29-5-2-14-56-29)11-9-26-19-35(46)52-38(23)49-26;43-22(16-34(47)48)7-10-29(41-32(45)20-26-5-2-14-58-26)38-54-24(18-36(50)55-38)9-12-30(42-33(46)21-27-6-3-15-59-27)39-53-23(17-35(49)56-39)8-11-28(37(51)52)40-31(44)19-25-4-1-13-57-25/h1-6,13-15,23,25-27,31-32H,7-12,16-22H2,(H,41,44)(H,42,45);1-6,13-15,22-24,28-30,43,51-52H,7-12,16-21H2,(H,40,44)(H,41,45)(H,42,46)(H,47,48)/t23-,25+,26+,27+,31+,32+;22-,23-,24-,28-,29-,30-/m10/s1. The molecule has 0 radical (unpaired) electrons. The molecule has 116 heavy (non-hydrogen) atoms. The average molecular weight is 1710 g/mol. The summed E-state index contributed by atoms with van der Waals surface area (Å²) in [5.41, 5.74) is 0. The number of aliphatic hydroxyl groups is 1. The van der Waals surface area contributed by atoms with Crippen LogP contribution >= 0.6 is 68.0 Å². The van der Waals surface area contributed by atoms with Crippen LogP contribution in [0.15, 0.2) is 105 Å². The van der Waals surface area contributed by atoms with E-state index < -0.39 is 169 Å². The SMILES string of the molecule is O=C(Cc1cccs1)C[C@H]1CC[C@H]2CC(=O)OB(O2)[C@@H](NC(=O)Cc2cccs2)CC[C@H]2CC(=O)OB(O2)[C@@H](NC(=O)Cc2cccs2)CC[C@H]2CC(=O)OB1O2.O=C(O)C[C@@H](O)CC[C@H](NC(=O)Cc1cccs1)B1OC(=O)C[C@H](CC[C@H](NC(=O)Cc2cccs2)B2OC(=O)C[C@H](CC[C@H](NC(=O)Cc3cccs3)B(O)O)O2)O1. The minimum Gasteiger partial charge on any atom is -0.509 e. The summed E-state index contributed by atoms with van der Waals surface area (Å²) < 4.78 is 59.8. The highest BCUT2D eigenvalue weighted by atomic mass is 32.1. The molecule has 6 aliphatic rings. The van der Waals surface area contributed by atoms with Gasteiger partial charge in [0.15, 0.2) is 0 Å². The van der Waals surface area contributed by atoms with Gasteiger partial charge in [-0.15, -0.1) is 68.0 Å². The predicted octanol–water partition coefficient (Wildman–Crippen LogP) is 5.35. The molecule has 31 nitrogen and oxygen atoms in total. The molecule has 0 aliphatic carbocycles. The molecule has 12 atom stereocenters. The molecule has 6 aromatic rings. The largest absolute Gasteiger partial charge is 0.551 e. The summed E-state index contributed by atoms with van der Waals surface area (Å²) in [4.78, 5) is 160. The molecule has 6 aliphatic heterocycles. The lowest BCUT2D eigenvalue weighted by Crippen LogP contribution is -2.56. The first kappa shape index (κ1) is 88.9. The highest BCUT2D eigenvalue weighted by molar-refractivity contribution is 7.11. The molecular formula is C73H89B6N5O26S6. The first-order valence-corrected chi connectivity index (χ1v) is 43.8. The molecule has 0 unspecified atom stereocenters. The minimum atomic E-state index is -1.88. The number of Topliss-reactive ketones (excluding diaryl/α,β-unsaturated/α-hetero) is 1. The third kappa shape index (κ3) is 29.3. The molecule has 6 aromatic heterocycles. The van der Waals surface area contributed by atoms with E-state index >= 15 is 0 Å². The summed E-state index contributed by atoms with van der Waals surface area (Å²) in [6.45, 7) is 0. The van der Waals surface area contributed by atoms with Crippen molar-refractivity contribution in [2.24, 2.45) is 0 Å². The number of hydrogen-bond acceptors (Lipinski definition) is 31. The second kappa shape index (κ2) is 44.8. The molecule has 9 N–H and O–H groups in total. The molecule has 12 rings (SSSR count). The van der Waals surface area contributed by atoms with Crippen LogP contribution in [0, 0.1) is 0 Å². The second-order valence-corrected chi connectivity index (χ2v) is 35.3. The van der Waals surface area contributed by atoms with Crippen LogP contribution in [-0.2, 0) is 143 Å². The number of hydrogen-bond donors (Lipinski definition) is 9. The maximum atomic E-state index is 13.4. The van der Waals surface area contributed by atoms with E-state index in [0.717, 1.165) is 29.3 Å². The van der Waals surface area contributed by atoms with Gasteiger partial charge < -0.3 is 93.4 Å². The highest BCUT2D eigenvalue weighted by Gasteiger charge is 2.50. The number of ketones is 1. The van der Waals surface area contributed by atoms with Crippen LogP contribution in [-0.4, -0.2) is 200 Å². The van der Waals surface area contributed by atoms with Crippen molar-refractivity contribution in [3.63, 3.8) is 0 Å². The lowest BCUT2D eigenvalue weighted by molar-refractivity contribution is -0.145. The smallest absolute Gasteiger partial charge is 0.509 e. The highest BCUT2D eigenvalue weighted by Crippen LogP contribution is 2.35. The number of aliphatic carboxylic acids is 1. The Balaban J connectivity index is 0.000000228. The van der Waals surface area contributed by atoms with Gasteiger partial charge in [-0.3, -0.25) is 57.5 Å². The molecule has 5 amide bonds. The fourth-order valence-electron chi connectivity index (χ4n) is 14.3. The third-order valence-electron chi connectivity index (χ3n) is 19.9.